The summed E-state index contributed by atoms with van der Waals surface area (Å²) in [5.74, 6) is 0.669. The van der Waals surface area contributed by atoms with Gasteiger partial charge in [-0.1, -0.05) is 30.3 Å². The largest absolute Gasteiger partial charge is 0.382 e. The van der Waals surface area contributed by atoms with E-state index in [0.29, 0.717) is 32.8 Å². The molecule has 0 aliphatic rings. The number of imidazole rings is 1. The molecule has 0 spiro atoms. The van der Waals surface area contributed by atoms with Crippen LogP contribution in [0, 0.1) is 0 Å². The number of aromatic nitrogens is 2. The van der Waals surface area contributed by atoms with Gasteiger partial charge in [0.15, 0.2) is 0 Å². The van der Waals surface area contributed by atoms with Crippen LogP contribution in [-0.4, -0.2) is 42.8 Å². The van der Waals surface area contributed by atoms with E-state index in [-0.39, 0.29) is 5.91 Å². The monoisotopic (exact) mass is 303 g/mol. The van der Waals surface area contributed by atoms with Gasteiger partial charge < -0.3 is 19.8 Å². The topological polar surface area (TPSA) is 76.2 Å². The van der Waals surface area contributed by atoms with E-state index in [2.05, 4.69) is 15.3 Å². The second kappa shape index (κ2) is 8.96. The van der Waals surface area contributed by atoms with Crippen LogP contribution < -0.4 is 5.32 Å². The van der Waals surface area contributed by atoms with Crippen molar-refractivity contribution in [1.29, 1.82) is 0 Å². The molecule has 0 unspecified atom stereocenters. The number of nitrogens with zero attached hydrogens (tertiary/aromatic N) is 1. The fraction of sp³-hybridized carbons (Fsp3) is 0.375. The van der Waals surface area contributed by atoms with Gasteiger partial charge in [-0.25, -0.2) is 4.98 Å². The summed E-state index contributed by atoms with van der Waals surface area (Å²) < 4.78 is 10.1. The van der Waals surface area contributed by atoms with Crippen LogP contribution >= 0.6 is 0 Å². The van der Waals surface area contributed by atoms with Gasteiger partial charge in [0.05, 0.1) is 38.3 Å². The minimum atomic E-state index is -0.0601. The maximum absolute atomic E-state index is 11.7. The minimum Gasteiger partial charge on any atom is -0.382 e. The third-order valence-electron chi connectivity index (χ3n) is 3.07. The predicted octanol–water partition coefficient (Wildman–Crippen LogP) is 1.75. The smallest absolute Gasteiger partial charge is 0.222 e. The average Bonchev–Trinajstić information content (AvgIpc) is 3.02. The Bertz CT molecular complexity index is 569. The summed E-state index contributed by atoms with van der Waals surface area (Å²) in [4.78, 5) is 19.1. The number of hydrogen-bond donors (Lipinski definition) is 2. The average molecular weight is 303 g/mol. The Kier molecular flexibility index (Phi) is 6.60. The third kappa shape index (κ3) is 5.31. The molecule has 1 amide bonds. The summed E-state index contributed by atoms with van der Waals surface area (Å²) >= 11 is 0. The lowest BCUT2D eigenvalue weighted by molar-refractivity contribution is -0.122. The normalized spacial score (nSPS) is 10.6. The number of carbonyl (C=O) groups is 1. The number of nitrogens with one attached hydrogen (secondary N) is 2. The Labute approximate surface area is 129 Å². The van der Waals surface area contributed by atoms with Gasteiger partial charge in [-0.15, -0.1) is 0 Å². The molecule has 1 aromatic heterocycles. The van der Waals surface area contributed by atoms with E-state index in [1.54, 1.807) is 13.3 Å². The Hall–Kier alpha value is -2.18. The molecule has 1 heterocycles. The molecule has 0 radical (unpaired) electrons. The lowest BCUT2D eigenvalue weighted by atomic mass is 10.2. The van der Waals surface area contributed by atoms with Crippen molar-refractivity contribution in [2.75, 3.05) is 26.9 Å². The number of amides is 1. The molecule has 0 aliphatic carbocycles. The summed E-state index contributed by atoms with van der Waals surface area (Å²) in [5.41, 5.74) is 2.01. The minimum absolute atomic E-state index is 0.0601. The van der Waals surface area contributed by atoms with Crippen molar-refractivity contribution < 1.29 is 14.3 Å². The van der Waals surface area contributed by atoms with Gasteiger partial charge in [-0.2, -0.15) is 0 Å². The van der Waals surface area contributed by atoms with E-state index in [1.807, 2.05) is 30.3 Å². The zero-order valence-electron chi connectivity index (χ0n) is 12.7. The number of ether oxygens (including phenoxy) is 2. The molecular weight excluding hydrogens is 282 g/mol. The first-order valence-corrected chi connectivity index (χ1v) is 7.22. The van der Waals surface area contributed by atoms with Crippen LogP contribution in [0.4, 0.5) is 0 Å². The molecule has 22 heavy (non-hydrogen) atoms. The summed E-state index contributed by atoms with van der Waals surface area (Å²) in [7, 11) is 1.61. The fourth-order valence-electron chi connectivity index (χ4n) is 1.90. The van der Waals surface area contributed by atoms with Gasteiger partial charge in [-0.3, -0.25) is 4.79 Å². The second-order valence-electron chi connectivity index (χ2n) is 4.74. The summed E-state index contributed by atoms with van der Waals surface area (Å²) in [6.07, 6.45) is 2.10. The van der Waals surface area contributed by atoms with Crippen LogP contribution in [-0.2, 0) is 20.8 Å². The number of methoxy groups -OCH3 is 1. The Morgan fingerprint density at radius 2 is 2.05 bits per heavy atom. The van der Waals surface area contributed by atoms with Gasteiger partial charge in [-0.05, 0) is 5.56 Å². The maximum atomic E-state index is 11.7. The summed E-state index contributed by atoms with van der Waals surface area (Å²) in [5, 5.41) is 2.81. The molecule has 0 fully saturated rings. The quantitative estimate of drug-likeness (QED) is 0.692. The molecule has 6 nitrogen and oxygen atoms in total. The summed E-state index contributed by atoms with van der Waals surface area (Å²) in [6.45, 7) is 1.81. The Balaban J connectivity index is 1.71. The molecule has 6 heteroatoms. The number of hydrogen-bond acceptors (Lipinski definition) is 4. The number of rotatable bonds is 9. The molecule has 0 aliphatic heterocycles. The highest BCUT2D eigenvalue weighted by Crippen LogP contribution is 2.15. The van der Waals surface area contributed by atoms with Crippen LogP contribution in [0.2, 0.25) is 0 Å². The van der Waals surface area contributed by atoms with Gasteiger partial charge >= 0.3 is 0 Å². The van der Waals surface area contributed by atoms with Crippen molar-refractivity contribution in [2.45, 2.75) is 13.0 Å². The van der Waals surface area contributed by atoms with Crippen molar-refractivity contribution in [3.05, 3.63) is 42.4 Å². The first-order chi connectivity index (χ1) is 10.8. The fourth-order valence-corrected chi connectivity index (χ4v) is 1.90. The molecule has 1 aromatic carbocycles. The van der Waals surface area contributed by atoms with E-state index >= 15 is 0 Å². The van der Waals surface area contributed by atoms with Crippen molar-refractivity contribution in [3.8, 4) is 11.3 Å². The van der Waals surface area contributed by atoms with Crippen LogP contribution in [0.1, 0.15) is 12.2 Å². The SMILES string of the molecule is COCCOCCC(=O)NCc1ncc(-c2ccccc2)[nH]1. The van der Waals surface area contributed by atoms with Gasteiger partial charge in [0, 0.05) is 13.5 Å². The van der Waals surface area contributed by atoms with Crippen molar-refractivity contribution in [3.63, 3.8) is 0 Å². The van der Waals surface area contributed by atoms with Gasteiger partial charge in [0.2, 0.25) is 5.91 Å². The highest BCUT2D eigenvalue weighted by atomic mass is 16.5. The second-order valence-corrected chi connectivity index (χ2v) is 4.74. The van der Waals surface area contributed by atoms with E-state index < -0.39 is 0 Å². The zero-order chi connectivity index (χ0) is 15.6. The summed E-state index contributed by atoms with van der Waals surface area (Å²) in [6, 6.07) is 9.93. The van der Waals surface area contributed by atoms with E-state index in [1.165, 1.54) is 0 Å². The molecule has 0 saturated carbocycles. The van der Waals surface area contributed by atoms with E-state index in [0.717, 1.165) is 17.1 Å². The van der Waals surface area contributed by atoms with Crippen molar-refractivity contribution >= 4 is 5.91 Å². The van der Waals surface area contributed by atoms with Crippen LogP contribution in [0.5, 0.6) is 0 Å². The molecule has 118 valence electrons. The standard InChI is InChI=1S/C16H21N3O3/c1-21-9-10-22-8-7-16(20)18-12-15-17-11-14(19-15)13-5-3-2-4-6-13/h2-6,11H,7-10,12H2,1H3,(H,17,19)(H,18,20). The van der Waals surface area contributed by atoms with Crippen LogP contribution in [0.25, 0.3) is 11.3 Å². The molecular formula is C16H21N3O3. The molecule has 0 bridgehead atoms. The van der Waals surface area contributed by atoms with Gasteiger partial charge in [0.1, 0.15) is 5.82 Å². The predicted molar refractivity (Wildman–Crippen MR) is 83.2 cm³/mol. The molecule has 2 N–H and O–H groups in total. The van der Waals surface area contributed by atoms with Crippen molar-refractivity contribution in [1.82, 2.24) is 15.3 Å². The lowest BCUT2D eigenvalue weighted by Gasteiger charge is -2.04. The first-order valence-electron chi connectivity index (χ1n) is 7.22. The Morgan fingerprint density at radius 3 is 2.82 bits per heavy atom. The lowest BCUT2D eigenvalue weighted by Crippen LogP contribution is -2.24. The highest BCUT2D eigenvalue weighted by Gasteiger charge is 2.05. The Morgan fingerprint density at radius 1 is 1.23 bits per heavy atom. The maximum Gasteiger partial charge on any atom is 0.222 e. The first kappa shape index (κ1) is 16.2. The number of aromatic amines is 1. The highest BCUT2D eigenvalue weighted by molar-refractivity contribution is 5.75. The van der Waals surface area contributed by atoms with E-state index in [9.17, 15) is 4.79 Å². The zero-order valence-corrected chi connectivity index (χ0v) is 12.7. The van der Waals surface area contributed by atoms with Gasteiger partial charge in [0.25, 0.3) is 0 Å². The number of carbonyl (C=O) groups excluding carboxylic acids is 1. The number of benzene rings is 1. The third-order valence-corrected chi connectivity index (χ3v) is 3.07. The van der Waals surface area contributed by atoms with Crippen LogP contribution in [0.3, 0.4) is 0 Å². The molecule has 2 aromatic rings. The van der Waals surface area contributed by atoms with Crippen LogP contribution in [0.15, 0.2) is 36.5 Å². The molecule has 0 atom stereocenters. The van der Waals surface area contributed by atoms with Crippen molar-refractivity contribution in [2.24, 2.45) is 0 Å². The number of H-pyrrole nitrogens is 1. The molecule has 2 rings (SSSR count). The van der Waals surface area contributed by atoms with E-state index in [4.69, 9.17) is 9.47 Å². The molecule has 0 saturated heterocycles.